The Kier molecular flexibility index (Phi) is 4.83. The van der Waals surface area contributed by atoms with Gasteiger partial charge in [-0.1, -0.05) is 13.0 Å². The second-order valence-electron chi connectivity index (χ2n) is 4.91. The summed E-state index contributed by atoms with van der Waals surface area (Å²) in [6, 6.07) is 8.62. The molecule has 0 saturated heterocycles. The van der Waals surface area contributed by atoms with E-state index in [-0.39, 0.29) is 6.04 Å². The summed E-state index contributed by atoms with van der Waals surface area (Å²) in [5.41, 5.74) is 1.24. The fraction of sp³-hybridized carbons (Fsp3) is 0.375. The Bertz CT molecular complexity index is 614. The van der Waals surface area contributed by atoms with Crippen LogP contribution < -0.4 is 14.8 Å². The normalized spacial score (nSPS) is 15.0. The molecule has 0 radical (unpaired) electrons. The highest BCUT2D eigenvalue weighted by Crippen LogP contribution is 2.34. The minimum Gasteiger partial charge on any atom is -0.486 e. The Hall–Kier alpha value is -1.04. The molecular weight excluding hydrogens is 350 g/mol. The molecule has 1 aliphatic heterocycles. The van der Waals surface area contributed by atoms with E-state index in [9.17, 15) is 0 Å². The van der Waals surface area contributed by atoms with Crippen LogP contribution in [0.1, 0.15) is 23.4 Å². The van der Waals surface area contributed by atoms with Crippen LogP contribution in [0.25, 0.3) is 0 Å². The van der Waals surface area contributed by atoms with Crippen molar-refractivity contribution in [1.82, 2.24) is 5.32 Å². The molecule has 0 bridgehead atoms. The maximum absolute atomic E-state index is 5.69. The third kappa shape index (κ3) is 3.42. The van der Waals surface area contributed by atoms with Crippen LogP contribution in [0.5, 0.6) is 11.5 Å². The molecule has 2 heterocycles. The van der Waals surface area contributed by atoms with Crippen molar-refractivity contribution in [1.29, 1.82) is 0 Å². The van der Waals surface area contributed by atoms with Gasteiger partial charge in [0.05, 0.1) is 0 Å². The van der Waals surface area contributed by atoms with Crippen LogP contribution in [-0.2, 0) is 6.42 Å². The first-order valence-corrected chi connectivity index (χ1v) is 8.80. The van der Waals surface area contributed by atoms with E-state index in [2.05, 4.69) is 51.7 Å². The number of ether oxygens (including phenoxy) is 2. The summed E-state index contributed by atoms with van der Waals surface area (Å²) < 4.78 is 12.5. The lowest BCUT2D eigenvalue weighted by Crippen LogP contribution is -2.23. The van der Waals surface area contributed by atoms with E-state index >= 15 is 0 Å². The van der Waals surface area contributed by atoms with Gasteiger partial charge in [0.25, 0.3) is 0 Å². The molecule has 21 heavy (non-hydrogen) atoms. The van der Waals surface area contributed by atoms with Gasteiger partial charge in [0, 0.05) is 21.8 Å². The number of fused-ring (bicyclic) bond motifs is 1. The van der Waals surface area contributed by atoms with E-state index in [0.717, 1.165) is 24.5 Å². The number of thiophene rings is 1. The minimum atomic E-state index is 0.278. The Morgan fingerprint density at radius 3 is 2.76 bits per heavy atom. The third-order valence-electron chi connectivity index (χ3n) is 3.50. The van der Waals surface area contributed by atoms with Crippen molar-refractivity contribution in [2.75, 3.05) is 19.8 Å². The largest absolute Gasteiger partial charge is 0.486 e. The molecule has 0 fully saturated rings. The van der Waals surface area contributed by atoms with Gasteiger partial charge >= 0.3 is 0 Å². The van der Waals surface area contributed by atoms with Gasteiger partial charge in [-0.15, -0.1) is 11.3 Å². The van der Waals surface area contributed by atoms with Crippen molar-refractivity contribution in [2.45, 2.75) is 19.4 Å². The Morgan fingerprint density at radius 1 is 1.24 bits per heavy atom. The minimum absolute atomic E-state index is 0.278. The van der Waals surface area contributed by atoms with Gasteiger partial charge in [-0.2, -0.15) is 0 Å². The second-order valence-corrected chi connectivity index (χ2v) is 6.76. The van der Waals surface area contributed by atoms with E-state index in [1.54, 1.807) is 11.3 Å². The van der Waals surface area contributed by atoms with Crippen LogP contribution in [0.15, 0.2) is 34.1 Å². The second kappa shape index (κ2) is 6.81. The maximum Gasteiger partial charge on any atom is 0.161 e. The summed E-state index contributed by atoms with van der Waals surface area (Å²) in [5, 5.41) is 5.68. The average molecular weight is 368 g/mol. The molecule has 2 aromatic rings. The first-order valence-electron chi connectivity index (χ1n) is 7.12. The number of rotatable bonds is 5. The molecule has 1 atom stereocenters. The van der Waals surface area contributed by atoms with Gasteiger partial charge in [0.1, 0.15) is 13.2 Å². The molecule has 0 aliphatic carbocycles. The zero-order valence-corrected chi connectivity index (χ0v) is 14.3. The van der Waals surface area contributed by atoms with Crippen LogP contribution in [0, 0.1) is 0 Å². The molecule has 1 aromatic heterocycles. The predicted octanol–water partition coefficient (Wildman–Crippen LogP) is 4.18. The monoisotopic (exact) mass is 367 g/mol. The third-order valence-corrected chi connectivity index (χ3v) is 5.45. The van der Waals surface area contributed by atoms with Gasteiger partial charge in [-0.05, 0) is 51.6 Å². The van der Waals surface area contributed by atoms with Crippen molar-refractivity contribution in [3.8, 4) is 11.5 Å². The molecular formula is C16H18BrNO2S. The first kappa shape index (κ1) is 14.9. The molecule has 0 spiro atoms. The van der Waals surface area contributed by atoms with Gasteiger partial charge in [-0.25, -0.2) is 0 Å². The van der Waals surface area contributed by atoms with Gasteiger partial charge in [0.15, 0.2) is 11.5 Å². The smallest absolute Gasteiger partial charge is 0.161 e. The molecule has 5 heteroatoms. The fourth-order valence-corrected chi connectivity index (χ4v) is 4.05. The highest BCUT2D eigenvalue weighted by Gasteiger charge is 2.18. The lowest BCUT2D eigenvalue weighted by atomic mass is 10.0. The number of halogens is 1. The predicted molar refractivity (Wildman–Crippen MR) is 89.6 cm³/mol. The number of hydrogen-bond acceptors (Lipinski definition) is 4. The molecule has 3 nitrogen and oxygen atoms in total. The number of hydrogen-bond donors (Lipinski definition) is 1. The summed E-state index contributed by atoms with van der Waals surface area (Å²) in [6.07, 6.45) is 0.964. The van der Waals surface area contributed by atoms with Crippen molar-refractivity contribution >= 4 is 27.3 Å². The van der Waals surface area contributed by atoms with Crippen LogP contribution in [-0.4, -0.2) is 19.8 Å². The molecule has 112 valence electrons. The summed E-state index contributed by atoms with van der Waals surface area (Å²) in [5.74, 6) is 1.70. The van der Waals surface area contributed by atoms with E-state index < -0.39 is 0 Å². The molecule has 3 rings (SSSR count). The van der Waals surface area contributed by atoms with Crippen LogP contribution >= 0.6 is 27.3 Å². The van der Waals surface area contributed by atoms with Crippen molar-refractivity contribution < 1.29 is 9.47 Å². The van der Waals surface area contributed by atoms with E-state index in [4.69, 9.17) is 9.47 Å². The summed E-state index contributed by atoms with van der Waals surface area (Å²) in [6.45, 7) is 4.32. The maximum atomic E-state index is 5.69. The summed E-state index contributed by atoms with van der Waals surface area (Å²) >= 11 is 5.40. The van der Waals surface area contributed by atoms with Gasteiger partial charge < -0.3 is 14.8 Å². The Balaban J connectivity index is 1.84. The standard InChI is InChI=1S/C16H18BrNO2S/c1-2-18-13(10-16-12(17)5-8-21-16)11-3-4-14-15(9-11)20-7-6-19-14/h3-5,8-9,13,18H,2,6-7,10H2,1H3. The Labute approximate surface area is 137 Å². The van der Waals surface area contributed by atoms with Crippen LogP contribution in [0.4, 0.5) is 0 Å². The highest BCUT2D eigenvalue weighted by molar-refractivity contribution is 9.10. The lowest BCUT2D eigenvalue weighted by molar-refractivity contribution is 0.171. The quantitative estimate of drug-likeness (QED) is 0.859. The number of benzene rings is 1. The molecule has 0 saturated carbocycles. The first-order chi connectivity index (χ1) is 10.3. The van der Waals surface area contributed by atoms with E-state index in [1.807, 2.05) is 6.07 Å². The van der Waals surface area contributed by atoms with Gasteiger partial charge in [-0.3, -0.25) is 0 Å². The highest BCUT2D eigenvalue weighted by atomic mass is 79.9. The van der Waals surface area contributed by atoms with Crippen molar-refractivity contribution in [2.24, 2.45) is 0 Å². The topological polar surface area (TPSA) is 30.5 Å². The Morgan fingerprint density at radius 2 is 2.05 bits per heavy atom. The average Bonchev–Trinajstić information content (AvgIpc) is 2.91. The molecule has 0 amide bonds. The molecule has 1 N–H and O–H groups in total. The zero-order valence-electron chi connectivity index (χ0n) is 11.9. The molecule has 1 aromatic carbocycles. The van der Waals surface area contributed by atoms with Crippen molar-refractivity contribution in [3.63, 3.8) is 0 Å². The van der Waals surface area contributed by atoms with Crippen molar-refractivity contribution in [3.05, 3.63) is 44.6 Å². The van der Waals surface area contributed by atoms with Gasteiger partial charge in [0.2, 0.25) is 0 Å². The summed E-state index contributed by atoms with van der Waals surface area (Å²) in [7, 11) is 0. The van der Waals surface area contributed by atoms with E-state index in [0.29, 0.717) is 13.2 Å². The molecule has 1 unspecified atom stereocenters. The number of nitrogens with one attached hydrogen (secondary N) is 1. The number of likely N-dealkylation sites (N-methyl/N-ethyl adjacent to an activating group) is 1. The summed E-state index contributed by atoms with van der Waals surface area (Å²) in [4.78, 5) is 1.36. The lowest BCUT2D eigenvalue weighted by Gasteiger charge is -2.22. The SMILES string of the molecule is CCNC(Cc1sccc1Br)c1ccc2c(c1)OCCO2. The van der Waals surface area contributed by atoms with Crippen LogP contribution in [0.2, 0.25) is 0 Å². The fourth-order valence-electron chi connectivity index (χ4n) is 2.49. The molecule has 1 aliphatic rings. The zero-order chi connectivity index (χ0) is 14.7. The van der Waals surface area contributed by atoms with Crippen LogP contribution in [0.3, 0.4) is 0 Å². The van der Waals surface area contributed by atoms with E-state index in [1.165, 1.54) is 14.9 Å².